The smallest absolute Gasteiger partial charge is 0.335 e. The van der Waals surface area contributed by atoms with E-state index in [1.54, 1.807) is 69.8 Å². The molecule has 0 saturated heterocycles. The largest absolute Gasteiger partial charge is 0.493 e. The molecule has 10 nitrogen and oxygen atoms in total. The monoisotopic (exact) mass is 558 g/mol. The van der Waals surface area contributed by atoms with Crippen molar-refractivity contribution in [3.8, 4) is 28.7 Å². The number of carbonyl (C=O) groups is 1. The molecule has 1 amide bonds. The number of hydrogen-bond donors (Lipinski definition) is 1. The Hall–Kier alpha value is -5.45. The van der Waals surface area contributed by atoms with Crippen molar-refractivity contribution in [2.24, 2.45) is 0 Å². The van der Waals surface area contributed by atoms with Crippen LogP contribution < -0.4 is 30.8 Å². The molecule has 0 fully saturated rings. The van der Waals surface area contributed by atoms with Gasteiger partial charge in [-0.3, -0.25) is 19.1 Å². The van der Waals surface area contributed by atoms with Crippen LogP contribution in [0.1, 0.15) is 18.7 Å². The molecule has 3 aromatic carbocycles. The van der Waals surface area contributed by atoms with E-state index in [-0.39, 0.29) is 19.2 Å². The first-order valence-corrected chi connectivity index (χ1v) is 12.6. The standard InChI is InChI=1S/C30H25FN4O6.H2/c1-4-34-17-23(29(37)35(30(34)38)20-9-5-18(31)6-10-20)28(36)33-19-7-11-21(12-8-19)41-25-13-14-32-24-16-27(40-3)26(39-2)15-22(24)25;/h5-17H,4H2,1-3H3,(H,33,36);1H. The van der Waals surface area contributed by atoms with E-state index >= 15 is 0 Å². The van der Waals surface area contributed by atoms with E-state index in [0.717, 1.165) is 16.7 Å². The van der Waals surface area contributed by atoms with Crippen LogP contribution in [0.3, 0.4) is 0 Å². The molecule has 0 bridgehead atoms. The van der Waals surface area contributed by atoms with Gasteiger partial charge in [-0.1, -0.05) is 0 Å². The zero-order valence-electron chi connectivity index (χ0n) is 22.4. The lowest BCUT2D eigenvalue weighted by Gasteiger charge is -2.13. The summed E-state index contributed by atoms with van der Waals surface area (Å²) in [5.74, 6) is 0.880. The molecular weight excluding hydrogens is 531 g/mol. The summed E-state index contributed by atoms with van der Waals surface area (Å²) in [5, 5.41) is 3.40. The fourth-order valence-corrected chi connectivity index (χ4v) is 4.27. The number of carbonyl (C=O) groups excluding carboxylic acids is 1. The Morgan fingerprint density at radius 2 is 1.63 bits per heavy atom. The zero-order chi connectivity index (χ0) is 29.1. The Labute approximate surface area is 234 Å². The summed E-state index contributed by atoms with van der Waals surface area (Å²) in [6.45, 7) is 1.93. The van der Waals surface area contributed by atoms with Crippen molar-refractivity contribution in [3.05, 3.63) is 111 Å². The predicted octanol–water partition coefficient (Wildman–Crippen LogP) is 5.01. The molecule has 5 rings (SSSR count). The molecule has 11 heteroatoms. The Balaban J connectivity index is 0.00000405. The van der Waals surface area contributed by atoms with E-state index < -0.39 is 23.0 Å². The summed E-state index contributed by atoms with van der Waals surface area (Å²) >= 11 is 0. The van der Waals surface area contributed by atoms with Crippen LogP contribution >= 0.6 is 0 Å². The Kier molecular flexibility index (Phi) is 7.51. The maximum Gasteiger partial charge on any atom is 0.335 e. The maximum atomic E-state index is 13.4. The van der Waals surface area contributed by atoms with Crippen LogP contribution in [0.15, 0.2) is 88.7 Å². The van der Waals surface area contributed by atoms with Gasteiger partial charge in [0.2, 0.25) is 0 Å². The highest BCUT2D eigenvalue weighted by molar-refractivity contribution is 6.03. The summed E-state index contributed by atoms with van der Waals surface area (Å²) in [7, 11) is 3.09. The Bertz CT molecular complexity index is 1870. The number of halogens is 1. The third-order valence-corrected chi connectivity index (χ3v) is 6.37. The van der Waals surface area contributed by atoms with Gasteiger partial charge in [-0.15, -0.1) is 0 Å². The normalized spacial score (nSPS) is 10.8. The summed E-state index contributed by atoms with van der Waals surface area (Å²) in [4.78, 5) is 43.5. The van der Waals surface area contributed by atoms with Crippen molar-refractivity contribution in [1.82, 2.24) is 14.1 Å². The molecule has 1 N–H and O–H groups in total. The lowest BCUT2D eigenvalue weighted by Crippen LogP contribution is -2.42. The van der Waals surface area contributed by atoms with Crippen LogP contribution in [0.5, 0.6) is 23.0 Å². The van der Waals surface area contributed by atoms with Gasteiger partial charge in [-0.25, -0.2) is 13.8 Å². The van der Waals surface area contributed by atoms with Crippen molar-refractivity contribution in [3.63, 3.8) is 0 Å². The highest BCUT2D eigenvalue weighted by atomic mass is 19.1. The number of anilines is 1. The van der Waals surface area contributed by atoms with Gasteiger partial charge in [0.05, 0.1) is 25.4 Å². The van der Waals surface area contributed by atoms with Gasteiger partial charge in [0.25, 0.3) is 11.5 Å². The second-order valence-electron chi connectivity index (χ2n) is 8.84. The molecule has 0 aliphatic carbocycles. The number of nitrogens with one attached hydrogen (secondary N) is 1. The third kappa shape index (κ3) is 5.37. The van der Waals surface area contributed by atoms with Crippen LogP contribution in [0.2, 0.25) is 0 Å². The number of nitrogens with zero attached hydrogens (tertiary/aromatic N) is 3. The highest BCUT2D eigenvalue weighted by Gasteiger charge is 2.19. The highest BCUT2D eigenvalue weighted by Crippen LogP contribution is 2.37. The Morgan fingerprint density at radius 1 is 0.951 bits per heavy atom. The molecule has 0 unspecified atom stereocenters. The van der Waals surface area contributed by atoms with Crippen molar-refractivity contribution < 1.29 is 24.8 Å². The summed E-state index contributed by atoms with van der Waals surface area (Å²) in [6, 6.07) is 16.7. The number of methoxy groups -OCH3 is 2. The summed E-state index contributed by atoms with van der Waals surface area (Å²) in [5.41, 5.74) is -0.496. The van der Waals surface area contributed by atoms with Crippen molar-refractivity contribution in [1.29, 1.82) is 0 Å². The average Bonchev–Trinajstić information content (AvgIpc) is 2.98. The molecular formula is C30H27FN4O6. The predicted molar refractivity (Wildman–Crippen MR) is 153 cm³/mol. The van der Waals surface area contributed by atoms with Gasteiger partial charge >= 0.3 is 5.69 Å². The topological polar surface area (TPSA) is 114 Å². The van der Waals surface area contributed by atoms with E-state index in [9.17, 15) is 18.8 Å². The maximum absolute atomic E-state index is 13.4. The van der Waals surface area contributed by atoms with Crippen molar-refractivity contribution >= 4 is 22.5 Å². The molecule has 0 aliphatic heterocycles. The minimum Gasteiger partial charge on any atom is -0.493 e. The number of rotatable bonds is 8. The lowest BCUT2D eigenvalue weighted by molar-refractivity contribution is 0.102. The third-order valence-electron chi connectivity index (χ3n) is 6.37. The average molecular weight is 559 g/mol. The first-order chi connectivity index (χ1) is 19.8. The molecule has 2 aromatic heterocycles. The van der Waals surface area contributed by atoms with Crippen molar-refractivity contribution in [2.75, 3.05) is 19.5 Å². The first kappa shape index (κ1) is 27.1. The number of fused-ring (bicyclic) bond motifs is 1. The van der Waals surface area contributed by atoms with Gasteiger partial charge in [0.1, 0.15) is 22.9 Å². The molecule has 210 valence electrons. The molecule has 0 aliphatic rings. The fourth-order valence-electron chi connectivity index (χ4n) is 4.27. The number of aryl methyl sites for hydroxylation is 1. The van der Waals surface area contributed by atoms with Crippen LogP contribution in [0, 0.1) is 5.82 Å². The van der Waals surface area contributed by atoms with Crippen LogP contribution in [0.4, 0.5) is 10.1 Å². The molecule has 41 heavy (non-hydrogen) atoms. The van der Waals surface area contributed by atoms with E-state index in [0.29, 0.717) is 39.6 Å². The fraction of sp³-hybridized carbons (Fsp3) is 0.133. The van der Waals surface area contributed by atoms with Gasteiger partial charge in [0.15, 0.2) is 11.5 Å². The minimum atomic E-state index is -0.819. The van der Waals surface area contributed by atoms with Crippen LogP contribution in [0.25, 0.3) is 16.6 Å². The van der Waals surface area contributed by atoms with Crippen molar-refractivity contribution in [2.45, 2.75) is 13.5 Å². The number of amides is 1. The number of hydrogen-bond acceptors (Lipinski definition) is 7. The van der Waals surface area contributed by atoms with E-state index in [2.05, 4.69) is 10.3 Å². The Morgan fingerprint density at radius 3 is 2.29 bits per heavy atom. The van der Waals surface area contributed by atoms with Gasteiger partial charge in [-0.05, 0) is 67.6 Å². The SMILES string of the molecule is CCn1cc(C(=O)Nc2ccc(Oc3ccnc4cc(OC)c(OC)cc34)cc2)c(=O)n(-c2ccc(F)cc2)c1=O.[HH]. The molecule has 0 saturated carbocycles. The zero-order valence-corrected chi connectivity index (χ0v) is 22.4. The number of aromatic nitrogens is 3. The number of ether oxygens (including phenoxy) is 3. The molecule has 0 radical (unpaired) electrons. The van der Waals surface area contributed by atoms with E-state index in [4.69, 9.17) is 14.2 Å². The second-order valence-corrected chi connectivity index (χ2v) is 8.84. The first-order valence-electron chi connectivity index (χ1n) is 12.6. The van der Waals surface area contributed by atoms with Gasteiger partial charge in [0, 0.05) is 37.5 Å². The van der Waals surface area contributed by atoms with E-state index in [1.165, 1.54) is 22.9 Å². The minimum absolute atomic E-state index is 0. The van der Waals surface area contributed by atoms with Gasteiger partial charge in [-0.2, -0.15) is 0 Å². The second kappa shape index (κ2) is 11.3. The van der Waals surface area contributed by atoms with Crippen LogP contribution in [-0.2, 0) is 6.54 Å². The molecule has 0 atom stereocenters. The summed E-state index contributed by atoms with van der Waals surface area (Å²) in [6.07, 6.45) is 2.84. The van der Waals surface area contributed by atoms with Crippen LogP contribution in [-0.4, -0.2) is 34.2 Å². The summed E-state index contributed by atoms with van der Waals surface area (Å²) < 4.78 is 32.3. The molecule has 5 aromatic rings. The quantitative estimate of drug-likeness (QED) is 0.285. The molecule has 0 spiro atoms. The number of pyridine rings is 1. The lowest BCUT2D eigenvalue weighted by atomic mass is 10.2. The number of benzene rings is 3. The molecule has 2 heterocycles. The van der Waals surface area contributed by atoms with Gasteiger partial charge < -0.3 is 19.5 Å². The van der Waals surface area contributed by atoms with E-state index in [1.807, 2.05) is 0 Å².